The first kappa shape index (κ1) is 26.7. The molecule has 1 fully saturated rings. The number of rotatable bonds is 7. The van der Waals surface area contributed by atoms with Gasteiger partial charge in [0.15, 0.2) is 17.3 Å². The number of urea groups is 1. The number of amidine groups is 1. The van der Waals surface area contributed by atoms with Crippen molar-refractivity contribution in [3.05, 3.63) is 64.3 Å². The van der Waals surface area contributed by atoms with Crippen molar-refractivity contribution in [2.75, 3.05) is 20.8 Å². The van der Waals surface area contributed by atoms with E-state index in [2.05, 4.69) is 10.5 Å². The van der Waals surface area contributed by atoms with Crippen LogP contribution in [0, 0.1) is 0 Å². The Bertz CT molecular complexity index is 1190. The van der Waals surface area contributed by atoms with Gasteiger partial charge in [0.2, 0.25) is 0 Å². The number of methoxy groups -OCH3 is 1. The zero-order valence-corrected chi connectivity index (χ0v) is 19.3. The molecule has 2 aromatic carbocycles. The van der Waals surface area contributed by atoms with Crippen molar-refractivity contribution in [2.45, 2.75) is 25.9 Å². The number of nitrogens with one attached hydrogen (secondary N) is 1. The van der Waals surface area contributed by atoms with Gasteiger partial charge in [0.25, 0.3) is 0 Å². The number of alkyl halides is 6. The first-order chi connectivity index (χ1) is 16.9. The van der Waals surface area contributed by atoms with Crippen molar-refractivity contribution in [2.24, 2.45) is 5.16 Å². The second kappa shape index (κ2) is 10.4. The minimum atomic E-state index is -5.01. The minimum absolute atomic E-state index is 0.0554. The van der Waals surface area contributed by atoms with Crippen molar-refractivity contribution in [1.82, 2.24) is 10.2 Å². The summed E-state index contributed by atoms with van der Waals surface area (Å²) in [6.07, 6.45) is -8.36. The molecule has 7 nitrogen and oxygen atoms in total. The number of ether oxygens (including phenoxy) is 2. The van der Waals surface area contributed by atoms with Crippen molar-refractivity contribution in [1.29, 1.82) is 0 Å². The van der Waals surface area contributed by atoms with Crippen LogP contribution in [-0.4, -0.2) is 37.5 Å². The van der Waals surface area contributed by atoms with Crippen LogP contribution in [0.25, 0.3) is 6.08 Å². The topological polar surface area (TPSA) is 72.4 Å². The molecule has 0 radical (unpaired) electrons. The molecular formula is C23H21F6N3O4. The average Bonchev–Trinajstić information content (AvgIpc) is 3.10. The summed E-state index contributed by atoms with van der Waals surface area (Å²) in [6.45, 7) is 1.44. The number of nitrogens with zero attached hydrogens (tertiary/aromatic N) is 2. The molecule has 0 atom stereocenters. The largest absolute Gasteiger partial charge is 0.493 e. The maximum atomic E-state index is 13.4. The number of carbonyl (C=O) groups is 1. The van der Waals surface area contributed by atoms with Gasteiger partial charge in [-0.1, -0.05) is 17.3 Å². The van der Waals surface area contributed by atoms with E-state index in [1.165, 1.54) is 31.3 Å². The van der Waals surface area contributed by atoms with Gasteiger partial charge in [-0.3, -0.25) is 4.90 Å². The normalized spacial score (nSPS) is 16.5. The highest BCUT2D eigenvalue weighted by atomic mass is 19.4. The number of oxime groups is 1. The van der Waals surface area contributed by atoms with E-state index >= 15 is 0 Å². The van der Waals surface area contributed by atoms with Crippen LogP contribution in [0.2, 0.25) is 0 Å². The predicted octanol–water partition coefficient (Wildman–Crippen LogP) is 5.66. The number of likely N-dealkylation sites (N-methyl/N-ethyl adjacent to an activating group) is 1. The zero-order chi connectivity index (χ0) is 26.7. The molecule has 0 saturated carbocycles. The van der Waals surface area contributed by atoms with Crippen LogP contribution in [0.5, 0.6) is 11.5 Å². The third-order valence-corrected chi connectivity index (χ3v) is 5.10. The summed E-state index contributed by atoms with van der Waals surface area (Å²) in [7, 11) is 2.64. The van der Waals surface area contributed by atoms with Crippen LogP contribution >= 0.6 is 0 Å². The number of halogens is 6. The smallest absolute Gasteiger partial charge is 0.416 e. The Balaban J connectivity index is 1.87. The molecule has 36 heavy (non-hydrogen) atoms. The van der Waals surface area contributed by atoms with Crippen LogP contribution in [0.4, 0.5) is 31.1 Å². The van der Waals surface area contributed by atoms with Crippen molar-refractivity contribution < 1.29 is 45.4 Å². The van der Waals surface area contributed by atoms with Crippen molar-refractivity contribution in [3.8, 4) is 11.5 Å². The number of carbonyl (C=O) groups excluding carboxylic acids is 1. The summed E-state index contributed by atoms with van der Waals surface area (Å²) >= 11 is 0. The standard InChI is InChI=1S/C23H21F6N3O4/c1-4-32-20(31-35-3)17(30-21(32)33)9-13-5-8-18(19(10-13)34-2)36-12-14-6-7-15(22(24,25)26)11-16(14)23(27,28)29/h5-11H,4,12H2,1-3H3,(H,30,33)/b17-9-,31-20-. The Kier molecular flexibility index (Phi) is 7.70. The lowest BCUT2D eigenvalue weighted by Crippen LogP contribution is -2.30. The summed E-state index contributed by atoms with van der Waals surface area (Å²) in [6, 6.07) is 5.43. The van der Waals surface area contributed by atoms with Crippen molar-refractivity contribution >= 4 is 17.9 Å². The highest BCUT2D eigenvalue weighted by molar-refractivity contribution is 6.16. The molecule has 1 aliphatic rings. The summed E-state index contributed by atoms with van der Waals surface area (Å²) in [5.41, 5.74) is -2.45. The van der Waals surface area contributed by atoms with Crippen molar-refractivity contribution in [3.63, 3.8) is 0 Å². The van der Waals surface area contributed by atoms with Crippen LogP contribution in [0.1, 0.15) is 29.2 Å². The minimum Gasteiger partial charge on any atom is -0.493 e. The number of amides is 2. The quantitative estimate of drug-likeness (QED) is 0.380. The molecule has 0 spiro atoms. The van der Waals surface area contributed by atoms with E-state index in [-0.39, 0.29) is 23.4 Å². The Morgan fingerprint density at radius 1 is 1.00 bits per heavy atom. The molecule has 0 bridgehead atoms. The molecular weight excluding hydrogens is 496 g/mol. The Morgan fingerprint density at radius 2 is 1.72 bits per heavy atom. The monoisotopic (exact) mass is 517 g/mol. The fourth-order valence-corrected chi connectivity index (χ4v) is 3.42. The van der Waals surface area contributed by atoms with Gasteiger partial charge in [0, 0.05) is 12.1 Å². The molecule has 1 heterocycles. The maximum absolute atomic E-state index is 13.4. The first-order valence-corrected chi connectivity index (χ1v) is 10.4. The fraction of sp³-hybridized carbons (Fsp3) is 0.304. The number of benzene rings is 2. The summed E-state index contributed by atoms with van der Waals surface area (Å²) in [5, 5.41) is 6.50. The van der Waals surface area contributed by atoms with Gasteiger partial charge in [-0.25, -0.2) is 4.79 Å². The molecule has 2 aromatic rings. The Morgan fingerprint density at radius 3 is 2.31 bits per heavy atom. The van der Waals surface area contributed by atoms with E-state index in [1.807, 2.05) is 0 Å². The molecule has 3 rings (SSSR count). The van der Waals surface area contributed by atoms with Crippen LogP contribution in [-0.2, 0) is 23.8 Å². The lowest BCUT2D eigenvalue weighted by Gasteiger charge is -2.17. The van der Waals surface area contributed by atoms with E-state index in [0.29, 0.717) is 23.9 Å². The van der Waals surface area contributed by atoms with Gasteiger partial charge < -0.3 is 19.6 Å². The summed E-state index contributed by atoms with van der Waals surface area (Å²) in [5.74, 6) is 0.460. The van der Waals surface area contributed by atoms with Crippen LogP contribution in [0.15, 0.2) is 47.3 Å². The SMILES string of the molecule is CCN1C(=O)NC(=C\c2ccc(OCc3ccc(C(F)(F)F)cc3C(F)(F)F)c(OC)c2)/C1=N/OC. The molecule has 1 saturated heterocycles. The molecule has 194 valence electrons. The summed E-state index contributed by atoms with van der Waals surface area (Å²) < 4.78 is 89.6. The van der Waals surface area contributed by atoms with E-state index in [4.69, 9.17) is 14.3 Å². The van der Waals surface area contributed by atoms with Crippen LogP contribution < -0.4 is 14.8 Å². The number of hydrogen-bond acceptors (Lipinski definition) is 5. The molecule has 13 heteroatoms. The Hall–Kier alpha value is -3.90. The fourth-order valence-electron chi connectivity index (χ4n) is 3.42. The highest BCUT2D eigenvalue weighted by Gasteiger charge is 2.38. The molecule has 1 aliphatic heterocycles. The Labute approximate surface area is 201 Å². The molecule has 0 aliphatic carbocycles. The lowest BCUT2D eigenvalue weighted by molar-refractivity contribution is -0.143. The van der Waals surface area contributed by atoms with Gasteiger partial charge >= 0.3 is 18.4 Å². The van der Waals surface area contributed by atoms with Gasteiger partial charge in [-0.05, 0) is 42.8 Å². The predicted molar refractivity (Wildman–Crippen MR) is 117 cm³/mol. The maximum Gasteiger partial charge on any atom is 0.416 e. The van der Waals surface area contributed by atoms with Gasteiger partial charge in [0.1, 0.15) is 13.7 Å². The average molecular weight is 517 g/mol. The van der Waals surface area contributed by atoms with Gasteiger partial charge in [0.05, 0.1) is 23.9 Å². The molecule has 1 N–H and O–H groups in total. The zero-order valence-electron chi connectivity index (χ0n) is 19.3. The second-order valence-electron chi connectivity index (χ2n) is 7.40. The van der Waals surface area contributed by atoms with Crippen LogP contribution in [0.3, 0.4) is 0 Å². The molecule has 0 aromatic heterocycles. The second-order valence-corrected chi connectivity index (χ2v) is 7.40. The van der Waals surface area contributed by atoms with E-state index < -0.39 is 41.7 Å². The number of hydrogen-bond donors (Lipinski definition) is 1. The molecule has 2 amide bonds. The van der Waals surface area contributed by atoms with E-state index in [0.717, 1.165) is 6.07 Å². The summed E-state index contributed by atoms with van der Waals surface area (Å²) in [4.78, 5) is 18.3. The third kappa shape index (κ3) is 5.83. The van der Waals surface area contributed by atoms with E-state index in [1.54, 1.807) is 19.1 Å². The van der Waals surface area contributed by atoms with Gasteiger partial charge in [-0.15, -0.1) is 0 Å². The van der Waals surface area contributed by atoms with Gasteiger partial charge in [-0.2, -0.15) is 26.3 Å². The first-order valence-electron chi connectivity index (χ1n) is 10.4. The highest BCUT2D eigenvalue weighted by Crippen LogP contribution is 2.38. The lowest BCUT2D eigenvalue weighted by atomic mass is 10.0. The molecule has 0 unspecified atom stereocenters. The third-order valence-electron chi connectivity index (χ3n) is 5.10. The van der Waals surface area contributed by atoms with E-state index in [9.17, 15) is 31.1 Å².